The number of amides is 1. The third kappa shape index (κ3) is 4.46. The molecule has 1 atom stereocenters. The highest BCUT2D eigenvalue weighted by Gasteiger charge is 2.10. The van der Waals surface area contributed by atoms with Gasteiger partial charge in [-0.15, -0.1) is 11.3 Å². The zero-order valence-corrected chi connectivity index (χ0v) is 13.2. The summed E-state index contributed by atoms with van der Waals surface area (Å²) in [6.45, 7) is 2.01. The van der Waals surface area contributed by atoms with Crippen molar-refractivity contribution in [3.05, 3.63) is 51.2 Å². The molecule has 2 aromatic rings. The molecule has 0 saturated carbocycles. The Morgan fingerprint density at radius 2 is 2.24 bits per heavy atom. The van der Waals surface area contributed by atoms with Gasteiger partial charge in [-0.25, -0.2) is 0 Å². The van der Waals surface area contributed by atoms with Crippen LogP contribution in [0, 0.1) is 0 Å². The average Bonchev–Trinajstić information content (AvgIpc) is 3.00. The molecule has 1 unspecified atom stereocenters. The molecule has 0 radical (unpaired) electrons. The second kappa shape index (κ2) is 7.45. The third-order valence-corrected chi connectivity index (χ3v) is 4.38. The molecular formula is C15H17ClN2O2S. The molecule has 1 heterocycles. The molecule has 2 rings (SSSR count). The van der Waals surface area contributed by atoms with Crippen LogP contribution in [0.15, 0.2) is 35.7 Å². The number of anilines is 1. The molecule has 1 amide bonds. The lowest BCUT2D eigenvalue weighted by atomic mass is 10.2. The fourth-order valence-electron chi connectivity index (χ4n) is 1.88. The summed E-state index contributed by atoms with van der Waals surface area (Å²) in [7, 11) is 0. The van der Waals surface area contributed by atoms with Gasteiger partial charge < -0.3 is 15.7 Å². The van der Waals surface area contributed by atoms with Gasteiger partial charge in [0.1, 0.15) is 0 Å². The SMILES string of the molecule is CC(NC(=O)CNc1cc(CO)ccc1Cl)c1cccs1. The second-order valence-electron chi connectivity index (χ2n) is 4.63. The predicted octanol–water partition coefficient (Wildman–Crippen LogP) is 3.18. The van der Waals surface area contributed by atoms with E-state index < -0.39 is 0 Å². The zero-order valence-electron chi connectivity index (χ0n) is 11.6. The first kappa shape index (κ1) is 15.8. The van der Waals surface area contributed by atoms with Crippen LogP contribution in [0.3, 0.4) is 0 Å². The summed E-state index contributed by atoms with van der Waals surface area (Å²) < 4.78 is 0. The highest BCUT2D eigenvalue weighted by molar-refractivity contribution is 7.10. The van der Waals surface area contributed by atoms with Gasteiger partial charge in [-0.3, -0.25) is 4.79 Å². The summed E-state index contributed by atoms with van der Waals surface area (Å²) in [6, 6.07) is 9.11. The first-order chi connectivity index (χ1) is 10.1. The highest BCUT2D eigenvalue weighted by Crippen LogP contribution is 2.23. The topological polar surface area (TPSA) is 61.4 Å². The van der Waals surface area contributed by atoms with Crippen molar-refractivity contribution < 1.29 is 9.90 Å². The van der Waals surface area contributed by atoms with Crippen LogP contribution in [0.25, 0.3) is 0 Å². The number of carbonyl (C=O) groups is 1. The van der Waals surface area contributed by atoms with Crippen LogP contribution >= 0.6 is 22.9 Å². The van der Waals surface area contributed by atoms with Gasteiger partial charge in [0.2, 0.25) is 5.91 Å². The molecule has 0 bridgehead atoms. The number of halogens is 1. The molecule has 0 fully saturated rings. The minimum absolute atomic E-state index is 0.0152. The quantitative estimate of drug-likeness (QED) is 0.764. The zero-order chi connectivity index (χ0) is 15.2. The lowest BCUT2D eigenvalue weighted by molar-refractivity contribution is -0.120. The minimum atomic E-state index is -0.110. The maximum absolute atomic E-state index is 11.9. The Bertz CT molecular complexity index is 602. The van der Waals surface area contributed by atoms with Crippen molar-refractivity contribution in [3.63, 3.8) is 0 Å². The number of rotatable bonds is 6. The molecule has 0 spiro atoms. The summed E-state index contributed by atoms with van der Waals surface area (Å²) in [5.74, 6) is -0.110. The van der Waals surface area contributed by atoms with Crippen molar-refractivity contribution in [3.8, 4) is 0 Å². The largest absolute Gasteiger partial charge is 0.392 e. The number of aliphatic hydroxyl groups is 1. The van der Waals surface area contributed by atoms with Gasteiger partial charge in [-0.1, -0.05) is 23.7 Å². The predicted molar refractivity (Wildman–Crippen MR) is 86.7 cm³/mol. The monoisotopic (exact) mass is 324 g/mol. The maximum atomic E-state index is 11.9. The number of benzene rings is 1. The van der Waals surface area contributed by atoms with Crippen LogP contribution in [0.2, 0.25) is 5.02 Å². The van der Waals surface area contributed by atoms with Gasteiger partial charge >= 0.3 is 0 Å². The van der Waals surface area contributed by atoms with Gasteiger partial charge in [-0.05, 0) is 36.1 Å². The average molecular weight is 325 g/mol. The fourth-order valence-corrected chi connectivity index (χ4v) is 2.80. The lowest BCUT2D eigenvalue weighted by Crippen LogP contribution is -2.31. The molecule has 0 saturated heterocycles. The summed E-state index contributed by atoms with van der Waals surface area (Å²) in [4.78, 5) is 13.0. The van der Waals surface area contributed by atoms with Crippen LogP contribution in [-0.4, -0.2) is 17.6 Å². The first-order valence-electron chi connectivity index (χ1n) is 6.56. The lowest BCUT2D eigenvalue weighted by Gasteiger charge is -2.14. The van der Waals surface area contributed by atoms with Gasteiger partial charge in [0.25, 0.3) is 0 Å². The van der Waals surface area contributed by atoms with Gasteiger partial charge in [0, 0.05) is 4.88 Å². The molecule has 4 nitrogen and oxygen atoms in total. The number of carbonyl (C=O) groups excluding carboxylic acids is 1. The van der Waals surface area contributed by atoms with Crippen LogP contribution in [0.5, 0.6) is 0 Å². The van der Waals surface area contributed by atoms with E-state index in [0.717, 1.165) is 10.4 Å². The van der Waals surface area contributed by atoms with Crippen LogP contribution in [0.1, 0.15) is 23.4 Å². The van der Waals surface area contributed by atoms with E-state index in [9.17, 15) is 4.79 Å². The van der Waals surface area contributed by atoms with E-state index in [4.69, 9.17) is 16.7 Å². The van der Waals surface area contributed by atoms with Gasteiger partial charge in [0.05, 0.1) is 29.9 Å². The number of hydrogen-bond acceptors (Lipinski definition) is 4. The molecule has 6 heteroatoms. The third-order valence-electron chi connectivity index (χ3n) is 3.00. The summed E-state index contributed by atoms with van der Waals surface area (Å²) in [6.07, 6.45) is 0. The van der Waals surface area contributed by atoms with Crippen molar-refractivity contribution in [1.82, 2.24) is 5.32 Å². The molecule has 0 aliphatic carbocycles. The van der Waals surface area contributed by atoms with Crippen molar-refractivity contribution in [2.24, 2.45) is 0 Å². The number of nitrogens with one attached hydrogen (secondary N) is 2. The standard InChI is InChI=1S/C15H17ClN2O2S/c1-10(14-3-2-6-21-14)18-15(20)8-17-13-7-11(9-19)4-5-12(13)16/h2-7,10,17,19H,8-9H2,1H3,(H,18,20). The van der Waals surface area contributed by atoms with Crippen molar-refractivity contribution >= 4 is 34.5 Å². The molecule has 112 valence electrons. The molecule has 0 aliphatic heterocycles. The molecular weight excluding hydrogens is 308 g/mol. The van der Waals surface area contributed by atoms with E-state index in [1.807, 2.05) is 24.4 Å². The van der Waals surface area contributed by atoms with Crippen molar-refractivity contribution in [2.45, 2.75) is 19.6 Å². The summed E-state index contributed by atoms with van der Waals surface area (Å²) >= 11 is 7.66. The van der Waals surface area contributed by atoms with Crippen molar-refractivity contribution in [2.75, 3.05) is 11.9 Å². The Hall–Kier alpha value is -1.56. The fraction of sp³-hybridized carbons (Fsp3) is 0.267. The van der Waals surface area contributed by atoms with E-state index in [-0.39, 0.29) is 25.1 Å². The van der Waals surface area contributed by atoms with Crippen LogP contribution < -0.4 is 10.6 Å². The van der Waals surface area contributed by atoms with E-state index in [0.29, 0.717) is 10.7 Å². The summed E-state index contributed by atoms with van der Waals surface area (Å²) in [5.41, 5.74) is 1.39. The molecule has 21 heavy (non-hydrogen) atoms. The van der Waals surface area contributed by atoms with Gasteiger partial charge in [-0.2, -0.15) is 0 Å². The molecule has 0 aliphatic rings. The van der Waals surface area contributed by atoms with Gasteiger partial charge in [0.15, 0.2) is 0 Å². The summed E-state index contributed by atoms with van der Waals surface area (Å²) in [5, 5.41) is 17.5. The number of aliphatic hydroxyl groups excluding tert-OH is 1. The molecule has 3 N–H and O–H groups in total. The van der Waals surface area contributed by atoms with E-state index in [1.165, 1.54) is 0 Å². The minimum Gasteiger partial charge on any atom is -0.392 e. The van der Waals surface area contributed by atoms with Crippen LogP contribution in [-0.2, 0) is 11.4 Å². The Labute approximate surface area is 132 Å². The molecule has 1 aromatic carbocycles. The highest BCUT2D eigenvalue weighted by atomic mass is 35.5. The van der Waals surface area contributed by atoms with E-state index in [2.05, 4.69) is 10.6 Å². The second-order valence-corrected chi connectivity index (χ2v) is 6.02. The first-order valence-corrected chi connectivity index (χ1v) is 7.82. The van der Waals surface area contributed by atoms with E-state index >= 15 is 0 Å². The Morgan fingerprint density at radius 3 is 2.90 bits per heavy atom. The Balaban J connectivity index is 1.89. The van der Waals surface area contributed by atoms with Crippen molar-refractivity contribution in [1.29, 1.82) is 0 Å². The normalized spacial score (nSPS) is 12.0. The van der Waals surface area contributed by atoms with E-state index in [1.54, 1.807) is 29.5 Å². The maximum Gasteiger partial charge on any atom is 0.239 e. The van der Waals surface area contributed by atoms with Crippen LogP contribution in [0.4, 0.5) is 5.69 Å². The molecule has 1 aromatic heterocycles. The smallest absolute Gasteiger partial charge is 0.239 e. The number of hydrogen-bond donors (Lipinski definition) is 3. The Kier molecular flexibility index (Phi) is 5.61. The Morgan fingerprint density at radius 1 is 1.43 bits per heavy atom. The number of thiophene rings is 1.